The van der Waals surface area contributed by atoms with E-state index in [0.29, 0.717) is 12.8 Å². The molecule has 0 aliphatic carbocycles. The van der Waals surface area contributed by atoms with E-state index in [4.69, 9.17) is 22.9 Å². The molecule has 0 spiro atoms. The smallest absolute Gasteiger partial charge is 0.305 e. The highest BCUT2D eigenvalue weighted by Crippen LogP contribution is 2.21. The number of ketones is 3. The van der Waals surface area contributed by atoms with Gasteiger partial charge in [-0.1, -0.05) is 97.8 Å². The van der Waals surface area contributed by atoms with Crippen molar-refractivity contribution in [3.8, 4) is 0 Å². The molecule has 0 saturated carbocycles. The summed E-state index contributed by atoms with van der Waals surface area (Å²) in [7, 11) is 1.43. The van der Waals surface area contributed by atoms with E-state index >= 15 is 0 Å². The van der Waals surface area contributed by atoms with Crippen LogP contribution in [0.1, 0.15) is 175 Å². The molecule has 5 amide bonds. The molecule has 74 heavy (non-hydrogen) atoms. The first-order valence-electron chi connectivity index (χ1n) is 26.6. The van der Waals surface area contributed by atoms with Gasteiger partial charge in [0.05, 0.1) is 43.7 Å². The van der Waals surface area contributed by atoms with E-state index in [9.17, 15) is 58.5 Å². The molecule has 0 aromatic carbocycles. The van der Waals surface area contributed by atoms with Crippen LogP contribution in [-0.2, 0) is 43.2 Å². The van der Waals surface area contributed by atoms with Crippen molar-refractivity contribution in [2.75, 3.05) is 33.3 Å². The summed E-state index contributed by atoms with van der Waals surface area (Å²) in [5.41, 5.74) is 21.7. The molecule has 0 aromatic rings. The highest BCUT2D eigenvalue weighted by Gasteiger charge is 2.36. The Morgan fingerprint density at radius 3 is 1.45 bits per heavy atom. The van der Waals surface area contributed by atoms with Crippen LogP contribution in [0.2, 0.25) is 0 Å². The van der Waals surface area contributed by atoms with Crippen molar-refractivity contribution in [2.45, 2.75) is 200 Å². The lowest BCUT2D eigenvalue weighted by Crippen LogP contribution is -2.51. The first-order chi connectivity index (χ1) is 35.1. The number of guanidine groups is 2. The molecule has 0 radical (unpaired) electrons. The number of carbonyl (C=O) groups is 9. The standard InChI is InChI=1S/C51H93N11O12/c1-6-7-8-9-10-11-12-13-14-15-16-17-18-23-44(68)59-31-45(69)60-40(32-63)43(67)29-37(34(4)64)49(74)62-39(30-46(70)71)42(66)28-36(22-20-25-58-51(54)55)48(73)61-38(26-33(2)3)41(65)27-35(47(72)56-5)21-19-24-57-50(52)53/h33-40,63-64H,6-32H2,1-5H3,(H,56,72)(H,59,68)(H,60,69)(H,61,73)(H,62,74)(H,70,71)(H4,52,53,57)(H4,54,55,58)/t34-,35-,36-,37+,38+,39+,40+/m1/s1. The molecule has 0 aromatic heterocycles. The third kappa shape index (κ3) is 33.2. The normalized spacial score (nSPS) is 13.9. The van der Waals surface area contributed by atoms with Crippen molar-refractivity contribution in [1.29, 1.82) is 0 Å². The van der Waals surface area contributed by atoms with Crippen molar-refractivity contribution in [1.82, 2.24) is 26.6 Å². The lowest BCUT2D eigenvalue weighted by molar-refractivity contribution is -0.142. The summed E-state index contributed by atoms with van der Waals surface area (Å²) in [5.74, 6) is -11.2. The zero-order valence-corrected chi connectivity index (χ0v) is 44.9. The second-order valence-electron chi connectivity index (χ2n) is 19.7. The van der Waals surface area contributed by atoms with Gasteiger partial charge in [-0.2, -0.15) is 0 Å². The van der Waals surface area contributed by atoms with Crippen molar-refractivity contribution in [3.05, 3.63) is 0 Å². The van der Waals surface area contributed by atoms with Crippen LogP contribution in [0.5, 0.6) is 0 Å². The van der Waals surface area contributed by atoms with E-state index in [1.807, 2.05) is 13.8 Å². The number of Topliss-reactive ketones (excluding diaryl/α,β-unsaturated/α-hetero) is 3. The van der Waals surface area contributed by atoms with E-state index in [2.05, 4.69) is 43.5 Å². The Morgan fingerprint density at radius 2 is 1.00 bits per heavy atom. The number of amides is 5. The summed E-state index contributed by atoms with van der Waals surface area (Å²) in [5, 5.41) is 42.8. The number of hydrogen-bond donors (Lipinski definition) is 12. The molecule has 7 atom stereocenters. The van der Waals surface area contributed by atoms with Gasteiger partial charge < -0.3 is 64.8 Å². The van der Waals surface area contributed by atoms with Gasteiger partial charge in [0, 0.05) is 57.7 Å². The number of aliphatic carboxylic acids is 1. The van der Waals surface area contributed by atoms with E-state index in [1.165, 1.54) is 65.3 Å². The van der Waals surface area contributed by atoms with Crippen LogP contribution >= 0.6 is 0 Å². The Morgan fingerprint density at radius 1 is 0.541 bits per heavy atom. The minimum Gasteiger partial charge on any atom is -0.481 e. The molecule has 16 N–H and O–H groups in total. The molecule has 0 fully saturated rings. The number of hydrogen-bond acceptors (Lipinski definition) is 13. The summed E-state index contributed by atoms with van der Waals surface area (Å²) in [6.07, 6.45) is 12.0. The second-order valence-corrected chi connectivity index (χ2v) is 19.7. The molecular weight excluding hydrogens is 959 g/mol. The molecule has 0 heterocycles. The number of carboxylic acid groups (broad SMARTS) is 1. The Balaban J connectivity index is 5.81. The summed E-state index contributed by atoms with van der Waals surface area (Å²) < 4.78 is 0. The predicted molar refractivity (Wildman–Crippen MR) is 283 cm³/mol. The fraction of sp³-hybridized carbons (Fsp3) is 0.784. The maximum Gasteiger partial charge on any atom is 0.305 e. The molecule has 0 rings (SSSR count). The lowest BCUT2D eigenvalue weighted by atomic mass is 9.88. The van der Waals surface area contributed by atoms with Crippen molar-refractivity contribution >= 4 is 64.8 Å². The molecule has 424 valence electrons. The van der Waals surface area contributed by atoms with E-state index in [0.717, 1.165) is 25.7 Å². The third-order valence-corrected chi connectivity index (χ3v) is 12.6. The molecule has 0 saturated heterocycles. The third-order valence-electron chi connectivity index (χ3n) is 12.6. The van der Waals surface area contributed by atoms with Crippen LogP contribution in [0.15, 0.2) is 9.98 Å². The number of carbonyl (C=O) groups excluding carboxylic acids is 8. The minimum atomic E-state index is -1.76. The molecule has 0 unspecified atom stereocenters. The van der Waals surface area contributed by atoms with Gasteiger partial charge in [0.2, 0.25) is 29.5 Å². The number of aliphatic imine (C=N–C) groups is 2. The van der Waals surface area contributed by atoms with Gasteiger partial charge in [-0.15, -0.1) is 0 Å². The fourth-order valence-electron chi connectivity index (χ4n) is 8.33. The van der Waals surface area contributed by atoms with Gasteiger partial charge in [-0.3, -0.25) is 53.1 Å². The Bertz CT molecular complexity index is 1790. The molecular formula is C51H93N11O12. The topological polar surface area (TPSA) is 403 Å². The van der Waals surface area contributed by atoms with Gasteiger partial charge in [0.25, 0.3) is 0 Å². The monoisotopic (exact) mass is 1050 g/mol. The zero-order valence-electron chi connectivity index (χ0n) is 44.9. The number of nitrogens with two attached hydrogens (primary N) is 4. The van der Waals surface area contributed by atoms with Gasteiger partial charge in [-0.25, -0.2) is 0 Å². The number of carboxylic acids is 1. The highest BCUT2D eigenvalue weighted by atomic mass is 16.4. The minimum absolute atomic E-state index is 0.0292. The van der Waals surface area contributed by atoms with Crippen LogP contribution in [0.3, 0.4) is 0 Å². The highest BCUT2D eigenvalue weighted by molar-refractivity contribution is 5.98. The van der Waals surface area contributed by atoms with E-state index in [-0.39, 0.29) is 75.4 Å². The van der Waals surface area contributed by atoms with Crippen LogP contribution in [-0.4, -0.2) is 138 Å². The largest absolute Gasteiger partial charge is 0.481 e. The zero-order chi connectivity index (χ0) is 56.0. The Hall–Kier alpha value is -5.71. The predicted octanol–water partition coefficient (Wildman–Crippen LogP) is 1.51. The first-order valence-corrected chi connectivity index (χ1v) is 26.6. The van der Waals surface area contributed by atoms with Gasteiger partial charge in [0.1, 0.15) is 6.04 Å². The van der Waals surface area contributed by atoms with Crippen LogP contribution in [0.4, 0.5) is 0 Å². The van der Waals surface area contributed by atoms with Crippen molar-refractivity contribution in [2.24, 2.45) is 56.6 Å². The van der Waals surface area contributed by atoms with Crippen LogP contribution in [0.25, 0.3) is 0 Å². The second kappa shape index (κ2) is 40.6. The van der Waals surface area contributed by atoms with Crippen LogP contribution < -0.4 is 49.5 Å². The quantitative estimate of drug-likeness (QED) is 0.0234. The maximum absolute atomic E-state index is 14.0. The van der Waals surface area contributed by atoms with Gasteiger partial charge in [-0.05, 0) is 51.4 Å². The number of unbranched alkanes of at least 4 members (excludes halogenated alkanes) is 12. The van der Waals surface area contributed by atoms with Gasteiger partial charge in [0.15, 0.2) is 29.3 Å². The van der Waals surface area contributed by atoms with Crippen molar-refractivity contribution < 1.29 is 58.5 Å². The van der Waals surface area contributed by atoms with Crippen molar-refractivity contribution in [3.63, 3.8) is 0 Å². The first kappa shape index (κ1) is 68.3. The molecule has 23 heteroatoms. The molecule has 23 nitrogen and oxygen atoms in total. The number of aliphatic hydroxyl groups excluding tert-OH is 2. The summed E-state index contributed by atoms with van der Waals surface area (Å²) in [4.78, 5) is 127. The lowest BCUT2D eigenvalue weighted by Gasteiger charge is -2.26. The summed E-state index contributed by atoms with van der Waals surface area (Å²) in [6, 6.07) is -4.39. The Labute approximate surface area is 438 Å². The SMILES string of the molecule is CCCCCCCCCCCCCCCC(=O)NCC(=O)N[C@@H](CO)C(=O)C[C@H](C(=O)N[C@@H](CC(=O)O)C(=O)C[C@@H](CCCN=C(N)N)C(=O)N[C@@H](CC(C)C)C(=O)C[C@@H](CCCN=C(N)N)C(=O)NC)[C@@H](C)O. The number of nitrogens with zero attached hydrogens (tertiary/aromatic N) is 2. The fourth-order valence-corrected chi connectivity index (χ4v) is 8.33. The average Bonchev–Trinajstić information content (AvgIpc) is 3.33. The van der Waals surface area contributed by atoms with Crippen LogP contribution in [0, 0.1) is 23.7 Å². The number of aliphatic hydroxyl groups is 2. The average molecular weight is 1050 g/mol. The molecule has 0 aliphatic rings. The maximum atomic E-state index is 14.0. The van der Waals surface area contributed by atoms with E-state index < -0.39 is 121 Å². The van der Waals surface area contributed by atoms with Gasteiger partial charge >= 0.3 is 5.97 Å². The number of nitrogens with one attached hydrogen (secondary N) is 5. The number of rotatable bonds is 45. The summed E-state index contributed by atoms with van der Waals surface area (Å²) >= 11 is 0. The molecule has 0 bridgehead atoms. The van der Waals surface area contributed by atoms with E-state index in [1.54, 1.807) is 0 Å². The molecule has 0 aliphatic heterocycles. The summed E-state index contributed by atoms with van der Waals surface area (Å²) in [6.45, 7) is 5.93. The Kier molecular flexibility index (Phi) is 37.5.